The number of esters is 1. The highest BCUT2D eigenvalue weighted by atomic mass is 16.5. The Labute approximate surface area is 137 Å². The minimum atomic E-state index is -0.560. The van der Waals surface area contributed by atoms with Crippen LogP contribution in [0.5, 0.6) is 0 Å². The average Bonchev–Trinajstić information content (AvgIpc) is 2.56. The summed E-state index contributed by atoms with van der Waals surface area (Å²) in [7, 11) is 2.13. The van der Waals surface area contributed by atoms with Crippen molar-refractivity contribution in [1.82, 2.24) is 4.90 Å². The highest BCUT2D eigenvalue weighted by Gasteiger charge is 2.16. The Morgan fingerprint density at radius 1 is 1.22 bits per heavy atom. The van der Waals surface area contributed by atoms with E-state index >= 15 is 0 Å². The van der Waals surface area contributed by atoms with Gasteiger partial charge in [-0.1, -0.05) is 12.1 Å². The highest BCUT2D eigenvalue weighted by Crippen LogP contribution is 2.23. The van der Waals surface area contributed by atoms with Crippen LogP contribution in [0.4, 0.5) is 5.69 Å². The van der Waals surface area contributed by atoms with Crippen molar-refractivity contribution in [2.45, 2.75) is 13.8 Å². The molecule has 0 N–H and O–H groups in total. The number of hydrogen-bond acceptors (Lipinski definition) is 5. The van der Waals surface area contributed by atoms with Gasteiger partial charge in [0.15, 0.2) is 0 Å². The maximum atomic E-state index is 11.8. The number of piperazine rings is 1. The van der Waals surface area contributed by atoms with Crippen LogP contribution in [0.25, 0.3) is 5.57 Å². The van der Waals surface area contributed by atoms with E-state index in [1.165, 1.54) is 5.69 Å². The molecule has 1 heterocycles. The second-order valence-electron chi connectivity index (χ2n) is 5.67. The van der Waals surface area contributed by atoms with E-state index in [2.05, 4.69) is 16.8 Å². The fraction of sp³-hybridized carbons (Fsp3) is 0.444. The molecule has 0 unspecified atom stereocenters. The van der Waals surface area contributed by atoms with Crippen molar-refractivity contribution in [1.29, 1.82) is 5.26 Å². The predicted molar refractivity (Wildman–Crippen MR) is 91.0 cm³/mol. The van der Waals surface area contributed by atoms with E-state index < -0.39 is 5.97 Å². The number of nitriles is 1. The molecule has 0 aromatic heterocycles. The smallest absolute Gasteiger partial charge is 0.349 e. The van der Waals surface area contributed by atoms with E-state index in [1.54, 1.807) is 13.8 Å². The van der Waals surface area contributed by atoms with Gasteiger partial charge in [-0.05, 0) is 44.2 Å². The molecule has 1 saturated heterocycles. The molecule has 5 heteroatoms. The van der Waals surface area contributed by atoms with Crippen molar-refractivity contribution < 1.29 is 9.53 Å². The molecule has 1 aliphatic heterocycles. The number of likely N-dealkylation sites (N-methyl/N-ethyl adjacent to an activating group) is 1. The molecule has 5 nitrogen and oxygen atoms in total. The molecule has 122 valence electrons. The number of carbonyl (C=O) groups is 1. The molecule has 0 atom stereocenters. The number of benzene rings is 1. The van der Waals surface area contributed by atoms with E-state index in [4.69, 9.17) is 4.74 Å². The monoisotopic (exact) mass is 313 g/mol. The maximum Gasteiger partial charge on any atom is 0.349 e. The van der Waals surface area contributed by atoms with Gasteiger partial charge in [0, 0.05) is 31.9 Å². The van der Waals surface area contributed by atoms with E-state index in [0.717, 1.165) is 31.7 Å². The van der Waals surface area contributed by atoms with Crippen LogP contribution in [0.1, 0.15) is 19.4 Å². The summed E-state index contributed by atoms with van der Waals surface area (Å²) in [5.74, 6) is -0.560. The first-order valence-corrected chi connectivity index (χ1v) is 7.88. The quantitative estimate of drug-likeness (QED) is 0.485. The molecule has 0 bridgehead atoms. The van der Waals surface area contributed by atoms with E-state index in [0.29, 0.717) is 5.57 Å². The number of carbonyl (C=O) groups excluding carboxylic acids is 1. The first-order chi connectivity index (χ1) is 11.1. The Morgan fingerprint density at radius 2 is 1.83 bits per heavy atom. The second-order valence-corrected chi connectivity index (χ2v) is 5.67. The maximum absolute atomic E-state index is 11.8. The van der Waals surface area contributed by atoms with Crippen molar-refractivity contribution in [3.63, 3.8) is 0 Å². The van der Waals surface area contributed by atoms with Gasteiger partial charge in [0.25, 0.3) is 0 Å². The van der Waals surface area contributed by atoms with Crippen LogP contribution in [0.15, 0.2) is 29.8 Å². The fourth-order valence-electron chi connectivity index (χ4n) is 2.62. The number of nitrogens with zero attached hydrogens (tertiary/aromatic N) is 3. The standard InChI is InChI=1S/C18H23N3O2/c1-4-23-18(22)17(13-19)14(2)15-5-7-16(8-6-15)21-11-9-20(3)10-12-21/h5-8H,4,9-12H2,1-3H3/b17-14-. The third kappa shape index (κ3) is 4.11. The minimum Gasteiger partial charge on any atom is -0.462 e. The number of allylic oxidation sites excluding steroid dienone is 1. The fourth-order valence-corrected chi connectivity index (χ4v) is 2.62. The lowest BCUT2D eigenvalue weighted by Gasteiger charge is -2.34. The number of ether oxygens (including phenoxy) is 1. The van der Waals surface area contributed by atoms with E-state index in [9.17, 15) is 10.1 Å². The summed E-state index contributed by atoms with van der Waals surface area (Å²) >= 11 is 0. The Hall–Kier alpha value is -2.32. The molecule has 0 saturated carbocycles. The van der Waals surface area contributed by atoms with E-state index in [-0.39, 0.29) is 12.2 Å². The molecular formula is C18H23N3O2. The second kappa shape index (κ2) is 7.80. The minimum absolute atomic E-state index is 0.0687. The van der Waals surface area contributed by atoms with Crippen molar-refractivity contribution in [3.05, 3.63) is 35.4 Å². The summed E-state index contributed by atoms with van der Waals surface area (Å²) < 4.78 is 4.93. The number of rotatable bonds is 4. The van der Waals surface area contributed by atoms with Crippen LogP contribution >= 0.6 is 0 Å². The van der Waals surface area contributed by atoms with Gasteiger partial charge in [0.1, 0.15) is 11.6 Å². The molecule has 1 aromatic rings. The van der Waals surface area contributed by atoms with Crippen molar-refractivity contribution >= 4 is 17.2 Å². The van der Waals surface area contributed by atoms with Gasteiger partial charge >= 0.3 is 5.97 Å². The van der Waals surface area contributed by atoms with Crippen LogP contribution in [0, 0.1) is 11.3 Å². The van der Waals surface area contributed by atoms with Crippen LogP contribution < -0.4 is 4.90 Å². The summed E-state index contributed by atoms with van der Waals surface area (Å²) in [4.78, 5) is 16.5. The van der Waals surface area contributed by atoms with Crippen LogP contribution in [-0.4, -0.2) is 50.7 Å². The molecular weight excluding hydrogens is 290 g/mol. The van der Waals surface area contributed by atoms with Gasteiger partial charge in [-0.2, -0.15) is 5.26 Å². The molecule has 1 aromatic carbocycles. The lowest BCUT2D eigenvalue weighted by molar-refractivity contribution is -0.137. The highest BCUT2D eigenvalue weighted by molar-refractivity contribution is 6.01. The van der Waals surface area contributed by atoms with Crippen molar-refractivity contribution in [3.8, 4) is 6.07 Å². The lowest BCUT2D eigenvalue weighted by atomic mass is 10.0. The van der Waals surface area contributed by atoms with Gasteiger partial charge in [-0.3, -0.25) is 0 Å². The zero-order valence-corrected chi connectivity index (χ0v) is 14.0. The molecule has 0 radical (unpaired) electrons. The largest absolute Gasteiger partial charge is 0.462 e. The zero-order chi connectivity index (χ0) is 16.8. The topological polar surface area (TPSA) is 56.6 Å². The van der Waals surface area contributed by atoms with Crippen LogP contribution in [0.3, 0.4) is 0 Å². The summed E-state index contributed by atoms with van der Waals surface area (Å²) in [6, 6.07) is 9.96. The van der Waals surface area contributed by atoms with Gasteiger partial charge in [0.2, 0.25) is 0 Å². The number of hydrogen-bond donors (Lipinski definition) is 0. The molecule has 1 aliphatic rings. The van der Waals surface area contributed by atoms with Gasteiger partial charge in [0.05, 0.1) is 6.61 Å². The third-order valence-electron chi connectivity index (χ3n) is 4.14. The SMILES string of the molecule is CCOC(=O)/C(C#N)=C(/C)c1ccc(N2CCN(C)CC2)cc1. The molecule has 2 rings (SSSR count). The van der Waals surface area contributed by atoms with Crippen molar-refractivity contribution in [2.75, 3.05) is 44.7 Å². The lowest BCUT2D eigenvalue weighted by Crippen LogP contribution is -2.44. The van der Waals surface area contributed by atoms with Crippen LogP contribution in [-0.2, 0) is 9.53 Å². The summed E-state index contributed by atoms with van der Waals surface area (Å²) in [6.07, 6.45) is 0. The predicted octanol–water partition coefficient (Wildman–Crippen LogP) is 2.30. The molecule has 0 amide bonds. The van der Waals surface area contributed by atoms with Gasteiger partial charge in [-0.15, -0.1) is 0 Å². The van der Waals surface area contributed by atoms with E-state index in [1.807, 2.05) is 30.3 Å². The van der Waals surface area contributed by atoms with Gasteiger partial charge in [-0.25, -0.2) is 4.79 Å². The molecule has 1 fully saturated rings. The molecule has 0 spiro atoms. The molecule has 0 aliphatic carbocycles. The zero-order valence-electron chi connectivity index (χ0n) is 14.0. The van der Waals surface area contributed by atoms with Crippen LogP contribution in [0.2, 0.25) is 0 Å². The third-order valence-corrected chi connectivity index (χ3v) is 4.14. The molecule has 23 heavy (non-hydrogen) atoms. The Balaban J connectivity index is 2.18. The van der Waals surface area contributed by atoms with Crippen molar-refractivity contribution in [2.24, 2.45) is 0 Å². The first-order valence-electron chi connectivity index (χ1n) is 7.88. The summed E-state index contributed by atoms with van der Waals surface area (Å²) in [6.45, 7) is 7.91. The number of anilines is 1. The first kappa shape index (κ1) is 17.0. The summed E-state index contributed by atoms with van der Waals surface area (Å²) in [5.41, 5.74) is 2.76. The summed E-state index contributed by atoms with van der Waals surface area (Å²) in [5, 5.41) is 9.22. The Morgan fingerprint density at radius 3 is 2.35 bits per heavy atom. The Bertz CT molecular complexity index is 621. The Kier molecular flexibility index (Phi) is 5.78. The normalized spacial score (nSPS) is 16.5. The average molecular weight is 313 g/mol. The van der Waals surface area contributed by atoms with Gasteiger partial charge < -0.3 is 14.5 Å².